The summed E-state index contributed by atoms with van der Waals surface area (Å²) in [5.74, 6) is 0.980. The number of nitrogens with zero attached hydrogens (tertiary/aromatic N) is 6. The van der Waals surface area contributed by atoms with Crippen molar-refractivity contribution in [2.45, 2.75) is 44.2 Å². The van der Waals surface area contributed by atoms with Gasteiger partial charge in [-0.3, -0.25) is 4.57 Å². The third-order valence-corrected chi connectivity index (χ3v) is 5.40. The monoisotopic (exact) mass is 375 g/mol. The summed E-state index contributed by atoms with van der Waals surface area (Å²) in [7, 11) is 0. The topological polar surface area (TPSA) is 102 Å². The fourth-order valence-electron chi connectivity index (χ4n) is 4.09. The van der Waals surface area contributed by atoms with Gasteiger partial charge in [0.15, 0.2) is 5.82 Å². The molecule has 8 nitrogen and oxygen atoms in total. The molecule has 0 amide bonds. The maximum absolute atomic E-state index is 10.4. The molecule has 5 heterocycles. The molecule has 2 fully saturated rings. The first kappa shape index (κ1) is 17.0. The molecule has 5 rings (SSSR count). The number of aromatic hydroxyl groups is 1. The van der Waals surface area contributed by atoms with E-state index in [9.17, 15) is 5.11 Å². The van der Waals surface area contributed by atoms with Gasteiger partial charge >= 0.3 is 0 Å². The zero-order chi connectivity index (χ0) is 18.9. The van der Waals surface area contributed by atoms with Gasteiger partial charge in [-0.15, -0.1) is 10.2 Å². The average molecular weight is 375 g/mol. The molecule has 0 aromatic carbocycles. The van der Waals surface area contributed by atoms with E-state index < -0.39 is 0 Å². The molecule has 2 atom stereocenters. The average Bonchev–Trinajstić information content (AvgIpc) is 3.23. The van der Waals surface area contributed by atoms with Crippen LogP contribution in [0.5, 0.6) is 5.75 Å². The summed E-state index contributed by atoms with van der Waals surface area (Å²) >= 11 is 0. The van der Waals surface area contributed by atoms with Gasteiger partial charge in [0, 0.05) is 36.7 Å². The predicted octanol–water partition coefficient (Wildman–Crippen LogP) is 2.51. The van der Waals surface area contributed by atoms with E-state index in [-0.39, 0.29) is 5.75 Å². The lowest BCUT2D eigenvalue weighted by Crippen LogP contribution is -2.46. The van der Waals surface area contributed by atoms with Crippen LogP contribution < -0.4 is 5.32 Å². The van der Waals surface area contributed by atoms with E-state index in [1.807, 2.05) is 0 Å². The molecule has 28 heavy (non-hydrogen) atoms. The smallest absolute Gasteiger partial charge is 0.187 e. The first-order chi connectivity index (χ1) is 13.7. The van der Waals surface area contributed by atoms with Gasteiger partial charge in [-0.05, 0) is 31.8 Å². The number of aromatic nitrogens is 6. The van der Waals surface area contributed by atoms with Crippen LogP contribution in [-0.4, -0.2) is 46.9 Å². The fourth-order valence-corrected chi connectivity index (χ4v) is 4.09. The number of pyridine rings is 1. The van der Waals surface area contributed by atoms with E-state index in [0.717, 1.165) is 18.5 Å². The minimum atomic E-state index is 0.0535. The lowest BCUT2D eigenvalue weighted by atomic mass is 9.83. The highest BCUT2D eigenvalue weighted by Gasteiger charge is 2.27. The Hall–Kier alpha value is -3.13. The van der Waals surface area contributed by atoms with Gasteiger partial charge in [0.2, 0.25) is 0 Å². The Kier molecular flexibility index (Phi) is 4.32. The summed E-state index contributed by atoms with van der Waals surface area (Å²) in [5, 5.41) is 22.5. The van der Waals surface area contributed by atoms with Crippen LogP contribution in [0.15, 0.2) is 42.8 Å². The summed E-state index contributed by atoms with van der Waals surface area (Å²) in [5.41, 5.74) is 2.61. The maximum Gasteiger partial charge on any atom is 0.187 e. The second-order valence-electron chi connectivity index (χ2n) is 7.44. The van der Waals surface area contributed by atoms with Crippen LogP contribution in [0.4, 0.5) is 0 Å². The van der Waals surface area contributed by atoms with Gasteiger partial charge in [0.25, 0.3) is 0 Å². The van der Waals surface area contributed by atoms with Crippen molar-refractivity contribution >= 4 is 6.08 Å². The molecule has 2 aliphatic heterocycles. The van der Waals surface area contributed by atoms with Crippen molar-refractivity contribution in [1.29, 1.82) is 0 Å². The normalized spacial score (nSPS) is 23.1. The molecule has 0 aliphatic carbocycles. The number of fused-ring (bicyclic) bond motifs is 2. The largest absolute Gasteiger partial charge is 0.507 e. The van der Waals surface area contributed by atoms with Gasteiger partial charge < -0.3 is 10.4 Å². The number of hydrogen-bond acceptors (Lipinski definition) is 7. The van der Waals surface area contributed by atoms with Crippen LogP contribution in [0.25, 0.3) is 23.3 Å². The van der Waals surface area contributed by atoms with Crippen LogP contribution in [0, 0.1) is 0 Å². The van der Waals surface area contributed by atoms with Gasteiger partial charge in [-0.25, -0.2) is 15.0 Å². The number of nitrogens with one attached hydrogen (secondary N) is 1. The summed E-state index contributed by atoms with van der Waals surface area (Å²) in [6.45, 7) is 0. The Morgan fingerprint density at radius 1 is 1.11 bits per heavy atom. The molecule has 2 saturated heterocycles. The van der Waals surface area contributed by atoms with Gasteiger partial charge in [0.1, 0.15) is 23.6 Å². The second kappa shape index (κ2) is 7.12. The molecular formula is C20H21N7O. The predicted molar refractivity (Wildman–Crippen MR) is 104 cm³/mol. The Bertz CT molecular complexity index is 984. The molecule has 0 radical (unpaired) electrons. The quantitative estimate of drug-likeness (QED) is 0.725. The number of hydrogen-bond donors (Lipinski definition) is 2. The molecule has 1 unspecified atom stereocenters. The molecule has 2 N–H and O–H groups in total. The van der Waals surface area contributed by atoms with Crippen molar-refractivity contribution in [3.05, 3.63) is 48.4 Å². The molecular weight excluding hydrogens is 354 g/mol. The Labute approximate surface area is 162 Å². The number of rotatable bonds is 3. The first-order valence-corrected chi connectivity index (χ1v) is 9.57. The SMILES string of the molecule is Oc1cc(-n2ccnc2)ncc1-c1ncc(/C=C2/CC3CCC[C@H](C2)N3)nn1. The lowest BCUT2D eigenvalue weighted by molar-refractivity contribution is 0.283. The molecule has 3 aromatic rings. The second-order valence-corrected chi connectivity index (χ2v) is 7.44. The molecule has 142 valence electrons. The molecule has 8 heteroatoms. The zero-order valence-electron chi connectivity index (χ0n) is 15.4. The first-order valence-electron chi connectivity index (χ1n) is 9.57. The van der Waals surface area contributed by atoms with Crippen molar-refractivity contribution in [3.8, 4) is 23.0 Å². The summed E-state index contributed by atoms with van der Waals surface area (Å²) in [4.78, 5) is 12.7. The van der Waals surface area contributed by atoms with Crippen LogP contribution in [-0.2, 0) is 0 Å². The van der Waals surface area contributed by atoms with E-state index >= 15 is 0 Å². The Morgan fingerprint density at radius 2 is 1.96 bits per heavy atom. The molecule has 2 aliphatic rings. The summed E-state index contributed by atoms with van der Waals surface area (Å²) in [6, 6.07) is 2.75. The molecule has 0 saturated carbocycles. The van der Waals surface area contributed by atoms with Crippen molar-refractivity contribution < 1.29 is 5.11 Å². The minimum absolute atomic E-state index is 0.0535. The van der Waals surface area contributed by atoms with Crippen LogP contribution in [0.3, 0.4) is 0 Å². The number of imidazole rings is 1. The maximum atomic E-state index is 10.4. The lowest BCUT2D eigenvalue weighted by Gasteiger charge is -2.37. The van der Waals surface area contributed by atoms with Gasteiger partial charge in [0.05, 0.1) is 11.8 Å². The highest BCUT2D eigenvalue weighted by atomic mass is 16.3. The van der Waals surface area contributed by atoms with Crippen LogP contribution in [0.2, 0.25) is 0 Å². The fraction of sp³-hybridized carbons (Fsp3) is 0.350. The van der Waals surface area contributed by atoms with Crippen molar-refractivity contribution in [2.75, 3.05) is 0 Å². The van der Waals surface area contributed by atoms with E-state index in [4.69, 9.17) is 0 Å². The number of piperidine rings is 2. The summed E-state index contributed by atoms with van der Waals surface area (Å²) < 4.78 is 1.71. The Balaban J connectivity index is 1.36. The molecule has 2 bridgehead atoms. The van der Waals surface area contributed by atoms with E-state index in [1.165, 1.54) is 24.8 Å². The van der Waals surface area contributed by atoms with Crippen molar-refractivity contribution in [1.82, 2.24) is 35.0 Å². The minimum Gasteiger partial charge on any atom is -0.507 e. The van der Waals surface area contributed by atoms with Gasteiger partial charge in [-0.2, -0.15) is 0 Å². The standard InChI is InChI=1S/C20H21N7O/c28-18-9-19(27-5-4-21-12-27)22-11-17(18)20-23-10-16(25-26-20)8-13-6-14-2-1-3-15(7-13)24-14/h4-5,8-12,14-15,24H,1-3,6-7H2,(H,22,28)/b13-8-/t14?,15-/m1/s1. The van der Waals surface area contributed by atoms with Crippen molar-refractivity contribution in [2.24, 2.45) is 0 Å². The van der Waals surface area contributed by atoms with E-state index in [0.29, 0.717) is 29.3 Å². The molecule has 3 aromatic heterocycles. The third kappa shape index (κ3) is 3.38. The Morgan fingerprint density at radius 3 is 2.64 bits per heavy atom. The highest BCUT2D eigenvalue weighted by Crippen LogP contribution is 2.30. The van der Waals surface area contributed by atoms with E-state index in [1.54, 1.807) is 41.7 Å². The van der Waals surface area contributed by atoms with Crippen LogP contribution >= 0.6 is 0 Å². The third-order valence-electron chi connectivity index (χ3n) is 5.40. The summed E-state index contributed by atoms with van der Waals surface area (Å²) in [6.07, 6.45) is 16.4. The highest BCUT2D eigenvalue weighted by molar-refractivity contribution is 5.63. The van der Waals surface area contributed by atoms with Crippen molar-refractivity contribution in [3.63, 3.8) is 0 Å². The van der Waals surface area contributed by atoms with E-state index in [2.05, 4.69) is 36.5 Å². The van der Waals surface area contributed by atoms with Crippen LogP contribution in [0.1, 0.15) is 37.8 Å². The van der Waals surface area contributed by atoms with Gasteiger partial charge in [-0.1, -0.05) is 12.0 Å². The molecule has 0 spiro atoms. The zero-order valence-corrected chi connectivity index (χ0v) is 15.4.